The van der Waals surface area contributed by atoms with Crippen molar-refractivity contribution in [2.45, 2.75) is 38.1 Å². The van der Waals surface area contributed by atoms with E-state index in [4.69, 9.17) is 10.8 Å². The van der Waals surface area contributed by atoms with E-state index >= 15 is 0 Å². The van der Waals surface area contributed by atoms with Gasteiger partial charge in [-0.1, -0.05) is 12.8 Å². The van der Waals surface area contributed by atoms with Crippen molar-refractivity contribution in [2.24, 2.45) is 11.7 Å². The molecule has 0 bridgehead atoms. The maximum absolute atomic E-state index is 10.4. The Kier molecular flexibility index (Phi) is 5.25. The minimum absolute atomic E-state index is 0. The minimum atomic E-state index is -0.715. The molecule has 0 aliphatic heterocycles. The van der Waals surface area contributed by atoms with E-state index in [9.17, 15) is 4.79 Å². The first-order chi connectivity index (χ1) is 5.20. The third-order valence-electron chi connectivity index (χ3n) is 2.40. The molecular weight excluding hydrogens is 178 g/mol. The lowest BCUT2D eigenvalue weighted by Crippen LogP contribution is -2.34. The molecule has 2 atom stereocenters. The number of carbonyl (C=O) groups is 1. The van der Waals surface area contributed by atoms with Crippen LogP contribution < -0.4 is 5.73 Å². The van der Waals surface area contributed by atoms with E-state index in [-0.39, 0.29) is 30.8 Å². The van der Waals surface area contributed by atoms with Gasteiger partial charge in [-0.25, -0.2) is 0 Å². The maximum atomic E-state index is 10.4. The molecule has 1 aliphatic rings. The highest BCUT2D eigenvalue weighted by molar-refractivity contribution is 5.85. The second-order valence-corrected chi connectivity index (χ2v) is 3.31. The molecule has 1 fully saturated rings. The summed E-state index contributed by atoms with van der Waals surface area (Å²) < 4.78 is 0. The van der Waals surface area contributed by atoms with Crippen molar-refractivity contribution in [1.82, 2.24) is 0 Å². The summed E-state index contributed by atoms with van der Waals surface area (Å²) in [6, 6.07) is 0.125. The Balaban J connectivity index is 0.00000121. The molecule has 0 aromatic rings. The van der Waals surface area contributed by atoms with Gasteiger partial charge < -0.3 is 10.8 Å². The Morgan fingerprint density at radius 2 is 2.00 bits per heavy atom. The lowest BCUT2D eigenvalue weighted by Gasteiger charge is -2.26. The monoisotopic (exact) mass is 193 g/mol. The van der Waals surface area contributed by atoms with Gasteiger partial charge in [0.2, 0.25) is 0 Å². The zero-order chi connectivity index (χ0) is 8.27. The first-order valence-electron chi connectivity index (χ1n) is 4.17. The fraction of sp³-hybridized carbons (Fsp3) is 0.875. The Morgan fingerprint density at radius 3 is 2.50 bits per heavy atom. The summed E-state index contributed by atoms with van der Waals surface area (Å²) in [6.45, 7) is 0. The highest BCUT2D eigenvalue weighted by Crippen LogP contribution is 2.25. The molecule has 72 valence electrons. The van der Waals surface area contributed by atoms with Crippen LogP contribution in [0.15, 0.2) is 0 Å². The van der Waals surface area contributed by atoms with E-state index in [2.05, 4.69) is 0 Å². The number of aliphatic carboxylic acids is 1. The molecule has 1 saturated carbocycles. The molecule has 0 amide bonds. The zero-order valence-corrected chi connectivity index (χ0v) is 7.85. The van der Waals surface area contributed by atoms with Gasteiger partial charge in [-0.2, -0.15) is 0 Å². The molecule has 0 unspecified atom stereocenters. The number of halogens is 1. The number of hydrogen-bond donors (Lipinski definition) is 2. The summed E-state index contributed by atoms with van der Waals surface area (Å²) in [6.07, 6.45) is 4.55. The van der Waals surface area contributed by atoms with E-state index in [0.29, 0.717) is 0 Å². The van der Waals surface area contributed by atoms with Crippen molar-refractivity contribution in [3.05, 3.63) is 0 Å². The summed E-state index contributed by atoms with van der Waals surface area (Å²) >= 11 is 0. The summed E-state index contributed by atoms with van der Waals surface area (Å²) in [5, 5.41) is 8.53. The Labute approximate surface area is 78.7 Å². The van der Waals surface area contributed by atoms with Crippen LogP contribution in [0.25, 0.3) is 0 Å². The number of hydrogen-bond acceptors (Lipinski definition) is 2. The van der Waals surface area contributed by atoms with Gasteiger partial charge in [0.05, 0.1) is 0 Å². The highest BCUT2D eigenvalue weighted by atomic mass is 35.5. The Hall–Kier alpha value is -0.280. The summed E-state index contributed by atoms with van der Waals surface area (Å²) in [4.78, 5) is 10.4. The van der Waals surface area contributed by atoms with Gasteiger partial charge in [0.25, 0.3) is 0 Å². The van der Waals surface area contributed by atoms with Crippen LogP contribution in [0.4, 0.5) is 0 Å². The van der Waals surface area contributed by atoms with E-state index < -0.39 is 5.97 Å². The van der Waals surface area contributed by atoms with Crippen molar-refractivity contribution in [2.75, 3.05) is 0 Å². The molecular formula is C8H16ClNO2. The first kappa shape index (κ1) is 11.7. The van der Waals surface area contributed by atoms with Crippen molar-refractivity contribution >= 4 is 18.4 Å². The van der Waals surface area contributed by atoms with Gasteiger partial charge in [0, 0.05) is 12.5 Å². The lowest BCUT2D eigenvalue weighted by molar-refractivity contribution is -0.138. The van der Waals surface area contributed by atoms with Crippen LogP contribution in [-0.2, 0) is 4.79 Å². The number of nitrogens with two attached hydrogens (primary N) is 1. The molecule has 0 saturated heterocycles. The predicted octanol–water partition coefficient (Wildman–Crippen LogP) is 1.40. The normalized spacial score (nSPS) is 29.1. The van der Waals surface area contributed by atoms with Crippen molar-refractivity contribution < 1.29 is 9.90 Å². The predicted molar refractivity (Wildman–Crippen MR) is 49.4 cm³/mol. The minimum Gasteiger partial charge on any atom is -0.481 e. The second-order valence-electron chi connectivity index (χ2n) is 3.31. The standard InChI is InChI=1S/C8H15NO2.ClH/c9-7-4-2-1-3-6(7)5-8(10)11;/h6-7H,1-5,9H2,(H,10,11);1H/t6-,7-;/m1./s1. The number of rotatable bonds is 2. The van der Waals surface area contributed by atoms with Gasteiger partial charge >= 0.3 is 5.97 Å². The fourth-order valence-electron chi connectivity index (χ4n) is 1.71. The molecule has 0 heterocycles. The Bertz CT molecular complexity index is 152. The maximum Gasteiger partial charge on any atom is 0.303 e. The van der Waals surface area contributed by atoms with Crippen LogP contribution in [-0.4, -0.2) is 17.1 Å². The average Bonchev–Trinajstić information content (AvgIpc) is 1.93. The van der Waals surface area contributed by atoms with E-state index in [0.717, 1.165) is 25.7 Å². The molecule has 0 spiro atoms. The van der Waals surface area contributed by atoms with Gasteiger partial charge in [0.15, 0.2) is 0 Å². The third kappa shape index (κ3) is 3.41. The van der Waals surface area contributed by atoms with Crippen LogP contribution in [0.1, 0.15) is 32.1 Å². The molecule has 3 N–H and O–H groups in total. The van der Waals surface area contributed by atoms with Crippen LogP contribution >= 0.6 is 12.4 Å². The van der Waals surface area contributed by atoms with E-state index in [1.807, 2.05) is 0 Å². The molecule has 1 aliphatic carbocycles. The molecule has 0 aromatic heterocycles. The third-order valence-corrected chi connectivity index (χ3v) is 2.40. The summed E-state index contributed by atoms with van der Waals surface area (Å²) in [5.74, 6) is -0.492. The number of carboxylic acid groups (broad SMARTS) is 1. The fourth-order valence-corrected chi connectivity index (χ4v) is 1.71. The lowest BCUT2D eigenvalue weighted by atomic mass is 9.83. The largest absolute Gasteiger partial charge is 0.481 e. The average molecular weight is 194 g/mol. The van der Waals surface area contributed by atoms with Gasteiger partial charge in [-0.15, -0.1) is 12.4 Å². The molecule has 0 aromatic carbocycles. The Morgan fingerprint density at radius 1 is 1.42 bits per heavy atom. The molecule has 0 radical (unpaired) electrons. The molecule has 3 nitrogen and oxygen atoms in total. The van der Waals surface area contributed by atoms with E-state index in [1.165, 1.54) is 0 Å². The molecule has 12 heavy (non-hydrogen) atoms. The van der Waals surface area contributed by atoms with Gasteiger partial charge in [0.1, 0.15) is 0 Å². The van der Waals surface area contributed by atoms with Crippen LogP contribution in [0.5, 0.6) is 0 Å². The highest BCUT2D eigenvalue weighted by Gasteiger charge is 2.23. The molecule has 4 heteroatoms. The van der Waals surface area contributed by atoms with Crippen molar-refractivity contribution in [3.8, 4) is 0 Å². The van der Waals surface area contributed by atoms with Crippen LogP contribution in [0.3, 0.4) is 0 Å². The van der Waals surface area contributed by atoms with Gasteiger partial charge in [-0.3, -0.25) is 4.79 Å². The topological polar surface area (TPSA) is 63.3 Å². The van der Waals surface area contributed by atoms with E-state index in [1.54, 1.807) is 0 Å². The summed E-state index contributed by atoms with van der Waals surface area (Å²) in [5.41, 5.74) is 5.76. The van der Waals surface area contributed by atoms with Crippen LogP contribution in [0.2, 0.25) is 0 Å². The zero-order valence-electron chi connectivity index (χ0n) is 7.03. The number of carboxylic acids is 1. The SMILES string of the molecule is Cl.N[C@@H]1CCCC[C@@H]1CC(=O)O. The second kappa shape index (κ2) is 5.38. The van der Waals surface area contributed by atoms with Crippen molar-refractivity contribution in [3.63, 3.8) is 0 Å². The van der Waals surface area contributed by atoms with Crippen molar-refractivity contribution in [1.29, 1.82) is 0 Å². The first-order valence-corrected chi connectivity index (χ1v) is 4.17. The summed E-state index contributed by atoms with van der Waals surface area (Å²) in [7, 11) is 0. The smallest absolute Gasteiger partial charge is 0.303 e. The molecule has 1 rings (SSSR count). The quantitative estimate of drug-likeness (QED) is 0.697. The van der Waals surface area contributed by atoms with Gasteiger partial charge in [-0.05, 0) is 18.8 Å². The van der Waals surface area contributed by atoms with Crippen LogP contribution in [0, 0.1) is 5.92 Å².